The predicted octanol–water partition coefficient (Wildman–Crippen LogP) is 5.92. The normalized spacial score (nSPS) is 14.8. The van der Waals surface area contributed by atoms with E-state index in [4.69, 9.17) is 32.7 Å². The van der Waals surface area contributed by atoms with Crippen LogP contribution in [-0.2, 0) is 22.6 Å². The first kappa shape index (κ1) is 23.1. The number of rotatable bonds is 7. The molecule has 0 aliphatic heterocycles. The van der Waals surface area contributed by atoms with Gasteiger partial charge < -0.3 is 14.8 Å². The van der Waals surface area contributed by atoms with E-state index in [2.05, 4.69) is 11.4 Å². The Labute approximate surface area is 202 Å². The van der Waals surface area contributed by atoms with Crippen molar-refractivity contribution in [1.29, 1.82) is 0 Å². The first-order valence-corrected chi connectivity index (χ1v) is 11.5. The van der Waals surface area contributed by atoms with Crippen LogP contribution in [0, 0.1) is 0 Å². The third kappa shape index (κ3) is 5.86. The van der Waals surface area contributed by atoms with E-state index in [0.29, 0.717) is 15.8 Å². The van der Waals surface area contributed by atoms with E-state index >= 15 is 0 Å². The van der Waals surface area contributed by atoms with Gasteiger partial charge >= 0.3 is 5.97 Å². The van der Waals surface area contributed by atoms with Gasteiger partial charge in [-0.1, -0.05) is 65.7 Å². The van der Waals surface area contributed by atoms with Gasteiger partial charge in [0.2, 0.25) is 0 Å². The Morgan fingerprint density at radius 3 is 2.64 bits per heavy atom. The minimum Gasteiger partial charge on any atom is -0.488 e. The van der Waals surface area contributed by atoms with E-state index in [1.165, 1.54) is 5.56 Å². The topological polar surface area (TPSA) is 64.6 Å². The molecule has 0 unspecified atom stereocenters. The van der Waals surface area contributed by atoms with Crippen LogP contribution < -0.4 is 10.1 Å². The van der Waals surface area contributed by atoms with Gasteiger partial charge in [-0.05, 0) is 54.7 Å². The van der Waals surface area contributed by atoms with Crippen molar-refractivity contribution in [2.45, 2.75) is 31.9 Å². The van der Waals surface area contributed by atoms with Crippen molar-refractivity contribution in [3.8, 4) is 5.75 Å². The van der Waals surface area contributed by atoms with Crippen molar-refractivity contribution >= 4 is 35.1 Å². The molecule has 7 heteroatoms. The second-order valence-corrected chi connectivity index (χ2v) is 8.65. The minimum absolute atomic E-state index is 0.0686. The lowest BCUT2D eigenvalue weighted by atomic mass is 9.88. The number of benzene rings is 3. The molecule has 1 N–H and O–H groups in total. The number of hydrogen-bond acceptors (Lipinski definition) is 4. The minimum atomic E-state index is -0.632. The molecule has 0 radical (unpaired) electrons. The average Bonchev–Trinajstić information content (AvgIpc) is 2.82. The smallest absolute Gasteiger partial charge is 0.342 e. The molecular weight excluding hydrogens is 461 g/mol. The number of hydrogen-bond donors (Lipinski definition) is 1. The predicted molar refractivity (Wildman–Crippen MR) is 128 cm³/mol. The third-order valence-corrected chi connectivity index (χ3v) is 6.13. The standard InChI is InChI=1S/C26H23Cl2NO4/c27-19-13-12-18(22(28)14-19)15-32-24-11-4-3-9-21(24)26(31)33-16-25(30)29-23-10-5-7-17-6-1-2-8-20(17)23/h1-4,6,8-9,11-14,23H,5,7,10,15-16H2,(H,29,30)/t23-/m0/s1. The summed E-state index contributed by atoms with van der Waals surface area (Å²) in [6, 6.07) is 19.9. The Kier molecular flexibility index (Phi) is 7.53. The molecule has 4 rings (SSSR count). The van der Waals surface area contributed by atoms with Gasteiger partial charge in [-0.3, -0.25) is 4.79 Å². The van der Waals surface area contributed by atoms with Crippen molar-refractivity contribution in [3.05, 3.63) is 99.0 Å². The zero-order valence-corrected chi connectivity index (χ0v) is 19.4. The largest absolute Gasteiger partial charge is 0.488 e. The quantitative estimate of drug-likeness (QED) is 0.423. The van der Waals surface area contributed by atoms with E-state index in [0.717, 1.165) is 30.4 Å². The summed E-state index contributed by atoms with van der Waals surface area (Å²) in [5, 5.41) is 3.99. The Bertz CT molecular complexity index is 1160. The summed E-state index contributed by atoms with van der Waals surface area (Å²) in [5.41, 5.74) is 3.34. The van der Waals surface area contributed by atoms with Gasteiger partial charge in [-0.2, -0.15) is 0 Å². The lowest BCUT2D eigenvalue weighted by Crippen LogP contribution is -2.34. The molecule has 1 aliphatic carbocycles. The van der Waals surface area contributed by atoms with Gasteiger partial charge in [0.25, 0.3) is 5.91 Å². The van der Waals surface area contributed by atoms with Crippen LogP contribution in [0.5, 0.6) is 5.75 Å². The van der Waals surface area contributed by atoms with Gasteiger partial charge in [0.05, 0.1) is 6.04 Å². The van der Waals surface area contributed by atoms with Gasteiger partial charge in [-0.15, -0.1) is 0 Å². The summed E-state index contributed by atoms with van der Waals surface area (Å²) in [6.07, 6.45) is 2.88. The van der Waals surface area contributed by atoms with Crippen LogP contribution >= 0.6 is 23.2 Å². The fourth-order valence-corrected chi connectivity index (χ4v) is 4.37. The number of carbonyl (C=O) groups is 2. The highest BCUT2D eigenvalue weighted by atomic mass is 35.5. The molecule has 1 atom stereocenters. The summed E-state index contributed by atoms with van der Waals surface area (Å²) in [4.78, 5) is 25.1. The van der Waals surface area contributed by atoms with Crippen molar-refractivity contribution in [2.75, 3.05) is 6.61 Å². The summed E-state index contributed by atoms with van der Waals surface area (Å²) in [6.45, 7) is -0.212. The Hall–Kier alpha value is -3.02. The highest BCUT2D eigenvalue weighted by Gasteiger charge is 2.22. The monoisotopic (exact) mass is 483 g/mol. The molecule has 0 saturated heterocycles. The van der Waals surface area contributed by atoms with Crippen LogP contribution in [0.25, 0.3) is 0 Å². The number of esters is 1. The van der Waals surface area contributed by atoms with E-state index in [1.807, 2.05) is 18.2 Å². The molecule has 170 valence electrons. The summed E-state index contributed by atoms with van der Waals surface area (Å²) < 4.78 is 11.1. The van der Waals surface area contributed by atoms with Gasteiger partial charge in [0.1, 0.15) is 17.9 Å². The van der Waals surface area contributed by atoms with Gasteiger partial charge in [0, 0.05) is 15.6 Å². The van der Waals surface area contributed by atoms with Crippen LogP contribution in [0.4, 0.5) is 0 Å². The maximum absolute atomic E-state index is 12.7. The maximum Gasteiger partial charge on any atom is 0.342 e. The van der Waals surface area contributed by atoms with Crippen LogP contribution in [0.3, 0.4) is 0 Å². The Balaban J connectivity index is 1.35. The van der Waals surface area contributed by atoms with Gasteiger partial charge in [-0.25, -0.2) is 4.79 Å². The first-order chi connectivity index (χ1) is 16.0. The molecule has 0 bridgehead atoms. The van der Waals surface area contributed by atoms with Gasteiger partial charge in [0.15, 0.2) is 6.61 Å². The second-order valence-electron chi connectivity index (χ2n) is 7.81. The van der Waals surface area contributed by atoms with Crippen molar-refractivity contribution in [1.82, 2.24) is 5.32 Å². The van der Waals surface area contributed by atoms with E-state index in [1.54, 1.807) is 42.5 Å². The lowest BCUT2D eigenvalue weighted by Gasteiger charge is -2.26. The van der Waals surface area contributed by atoms with E-state index in [9.17, 15) is 9.59 Å². The summed E-state index contributed by atoms with van der Waals surface area (Å²) in [5.74, 6) is -0.626. The maximum atomic E-state index is 12.7. The lowest BCUT2D eigenvalue weighted by molar-refractivity contribution is -0.125. The number of para-hydroxylation sites is 1. The molecule has 1 aliphatic rings. The first-order valence-electron chi connectivity index (χ1n) is 10.7. The number of nitrogens with one attached hydrogen (secondary N) is 1. The Morgan fingerprint density at radius 1 is 1.00 bits per heavy atom. The molecule has 0 saturated carbocycles. The molecule has 0 spiro atoms. The zero-order chi connectivity index (χ0) is 23.2. The van der Waals surface area contributed by atoms with Crippen LogP contribution in [0.15, 0.2) is 66.7 Å². The van der Waals surface area contributed by atoms with E-state index in [-0.39, 0.29) is 30.7 Å². The third-order valence-electron chi connectivity index (χ3n) is 5.54. The fourth-order valence-electron chi connectivity index (χ4n) is 3.90. The highest BCUT2D eigenvalue weighted by Crippen LogP contribution is 2.29. The summed E-state index contributed by atoms with van der Waals surface area (Å²) in [7, 11) is 0. The highest BCUT2D eigenvalue weighted by molar-refractivity contribution is 6.35. The van der Waals surface area contributed by atoms with Crippen molar-refractivity contribution in [3.63, 3.8) is 0 Å². The molecule has 33 heavy (non-hydrogen) atoms. The molecule has 5 nitrogen and oxygen atoms in total. The second kappa shape index (κ2) is 10.7. The van der Waals surface area contributed by atoms with Crippen molar-refractivity contribution < 1.29 is 19.1 Å². The molecule has 0 fully saturated rings. The molecular formula is C26H23Cl2NO4. The number of aryl methyl sites for hydroxylation is 1. The number of amides is 1. The number of fused-ring (bicyclic) bond motifs is 1. The Morgan fingerprint density at radius 2 is 1.79 bits per heavy atom. The van der Waals surface area contributed by atoms with Crippen LogP contribution in [0.1, 0.15) is 45.9 Å². The number of halogens is 2. The molecule has 3 aromatic rings. The molecule has 1 amide bonds. The van der Waals surface area contributed by atoms with Crippen LogP contribution in [0.2, 0.25) is 10.0 Å². The molecule has 0 heterocycles. The number of ether oxygens (including phenoxy) is 2. The number of carbonyl (C=O) groups excluding carboxylic acids is 2. The van der Waals surface area contributed by atoms with Crippen molar-refractivity contribution in [2.24, 2.45) is 0 Å². The molecule has 0 aromatic heterocycles. The molecule has 3 aromatic carbocycles. The SMILES string of the molecule is O=C(COC(=O)c1ccccc1OCc1ccc(Cl)cc1Cl)N[C@H]1CCCc2ccccc21. The van der Waals surface area contributed by atoms with Crippen LogP contribution in [-0.4, -0.2) is 18.5 Å². The zero-order valence-electron chi connectivity index (χ0n) is 17.9. The van der Waals surface area contributed by atoms with E-state index < -0.39 is 5.97 Å². The summed E-state index contributed by atoms with van der Waals surface area (Å²) >= 11 is 12.1. The fraction of sp³-hybridized carbons (Fsp3) is 0.231. The average molecular weight is 484 g/mol.